The predicted octanol–water partition coefficient (Wildman–Crippen LogP) is 5.26. The van der Waals surface area contributed by atoms with Crippen LogP contribution in [0.15, 0.2) is 78.9 Å². The fourth-order valence-corrected chi connectivity index (χ4v) is 3.81. The average molecular weight is 467 g/mol. The second-order valence-corrected chi connectivity index (χ2v) is 8.18. The zero-order valence-corrected chi connectivity index (χ0v) is 19.8. The first-order valence-corrected chi connectivity index (χ1v) is 11.3. The van der Waals surface area contributed by atoms with Gasteiger partial charge in [-0.15, -0.1) is 0 Å². The Morgan fingerprint density at radius 3 is 2.14 bits per heavy atom. The maximum atomic E-state index is 13.3. The Bertz CT molecular complexity index is 1410. The highest BCUT2D eigenvalue weighted by Crippen LogP contribution is 2.24. The van der Waals surface area contributed by atoms with Crippen molar-refractivity contribution >= 4 is 29.0 Å². The van der Waals surface area contributed by atoms with Crippen LogP contribution in [0.4, 0.5) is 11.4 Å². The van der Waals surface area contributed by atoms with Gasteiger partial charge in [0.2, 0.25) is 0 Å². The molecule has 0 unspecified atom stereocenters. The number of aromatic nitrogens is 2. The summed E-state index contributed by atoms with van der Waals surface area (Å²) >= 11 is 0. The molecule has 0 aliphatic rings. The molecule has 4 rings (SSSR count). The van der Waals surface area contributed by atoms with E-state index in [2.05, 4.69) is 15.7 Å². The lowest BCUT2D eigenvalue weighted by Crippen LogP contribution is -2.20. The molecule has 176 valence electrons. The standard InChI is InChI=1S/C28H26N4O3/c1-4-32-19(3)17-25(31-32)28(35)30-23-13-9-8-12-21(23)27(34)29-24-15-14-18(2)16-22(24)26(33)20-10-6-5-7-11-20/h5-17H,4H2,1-3H3,(H,29,34)(H,30,35). The number of hydrogen-bond donors (Lipinski definition) is 2. The molecule has 3 aromatic carbocycles. The average Bonchev–Trinajstić information content (AvgIpc) is 3.26. The summed E-state index contributed by atoms with van der Waals surface area (Å²) in [6.07, 6.45) is 0. The second kappa shape index (κ2) is 10.2. The molecule has 7 heteroatoms. The first-order valence-electron chi connectivity index (χ1n) is 11.3. The molecule has 0 bridgehead atoms. The number of ketones is 1. The number of nitrogens with one attached hydrogen (secondary N) is 2. The molecule has 0 spiro atoms. The number of rotatable bonds is 7. The van der Waals surface area contributed by atoms with Crippen LogP contribution in [0.3, 0.4) is 0 Å². The van der Waals surface area contributed by atoms with Crippen molar-refractivity contribution in [3.05, 3.63) is 113 Å². The number of carbonyl (C=O) groups is 3. The summed E-state index contributed by atoms with van der Waals surface area (Å²) in [6.45, 7) is 6.37. The van der Waals surface area contributed by atoms with Crippen LogP contribution >= 0.6 is 0 Å². The molecule has 1 aromatic heterocycles. The molecule has 0 radical (unpaired) electrons. The maximum absolute atomic E-state index is 13.3. The molecule has 0 aliphatic heterocycles. The van der Waals surface area contributed by atoms with Crippen molar-refractivity contribution in [2.45, 2.75) is 27.3 Å². The summed E-state index contributed by atoms with van der Waals surface area (Å²) < 4.78 is 1.73. The van der Waals surface area contributed by atoms with E-state index in [1.54, 1.807) is 71.4 Å². The first-order chi connectivity index (χ1) is 16.9. The van der Waals surface area contributed by atoms with Gasteiger partial charge in [-0.3, -0.25) is 19.1 Å². The zero-order valence-electron chi connectivity index (χ0n) is 19.8. The molecule has 1 heterocycles. The van der Waals surface area contributed by atoms with Crippen molar-refractivity contribution in [1.82, 2.24) is 9.78 Å². The van der Waals surface area contributed by atoms with Gasteiger partial charge in [-0.05, 0) is 51.1 Å². The number of carbonyl (C=O) groups excluding carboxylic acids is 3. The number of amides is 2. The first kappa shape index (κ1) is 23.6. The lowest BCUT2D eigenvalue weighted by Gasteiger charge is -2.14. The number of hydrogen-bond acceptors (Lipinski definition) is 4. The Kier molecular flexibility index (Phi) is 6.87. The SMILES string of the molecule is CCn1nc(C(=O)Nc2ccccc2C(=O)Nc2ccc(C)cc2C(=O)c2ccccc2)cc1C. The van der Waals surface area contributed by atoms with Crippen molar-refractivity contribution in [3.8, 4) is 0 Å². The van der Waals surface area contributed by atoms with Crippen molar-refractivity contribution in [2.24, 2.45) is 0 Å². The highest BCUT2D eigenvalue weighted by atomic mass is 16.2. The fraction of sp³-hybridized carbons (Fsp3) is 0.143. The summed E-state index contributed by atoms with van der Waals surface area (Å²) in [4.78, 5) is 39.2. The Morgan fingerprint density at radius 2 is 1.43 bits per heavy atom. The van der Waals surface area contributed by atoms with Crippen LogP contribution in [0, 0.1) is 13.8 Å². The van der Waals surface area contributed by atoms with Crippen LogP contribution in [0.1, 0.15) is 54.9 Å². The van der Waals surface area contributed by atoms with Gasteiger partial charge in [-0.2, -0.15) is 5.10 Å². The maximum Gasteiger partial charge on any atom is 0.276 e. The third-order valence-corrected chi connectivity index (χ3v) is 5.64. The van der Waals surface area contributed by atoms with E-state index in [1.165, 1.54) is 0 Å². The minimum atomic E-state index is -0.442. The predicted molar refractivity (Wildman–Crippen MR) is 136 cm³/mol. The molecule has 0 saturated carbocycles. The molecule has 0 atom stereocenters. The van der Waals surface area contributed by atoms with Gasteiger partial charge in [0, 0.05) is 23.4 Å². The van der Waals surface area contributed by atoms with Crippen LogP contribution in [-0.4, -0.2) is 27.4 Å². The molecule has 7 nitrogen and oxygen atoms in total. The molecular weight excluding hydrogens is 440 g/mol. The van der Waals surface area contributed by atoms with Gasteiger partial charge in [0.05, 0.1) is 16.9 Å². The number of para-hydroxylation sites is 1. The van der Waals surface area contributed by atoms with Gasteiger partial charge in [0.25, 0.3) is 11.8 Å². The van der Waals surface area contributed by atoms with Gasteiger partial charge in [-0.25, -0.2) is 0 Å². The fourth-order valence-electron chi connectivity index (χ4n) is 3.81. The van der Waals surface area contributed by atoms with E-state index in [0.717, 1.165) is 11.3 Å². The van der Waals surface area contributed by atoms with E-state index in [1.807, 2.05) is 32.9 Å². The third-order valence-electron chi connectivity index (χ3n) is 5.64. The summed E-state index contributed by atoms with van der Waals surface area (Å²) in [5, 5.41) is 9.94. The molecule has 2 amide bonds. The van der Waals surface area contributed by atoms with Crippen molar-refractivity contribution in [2.75, 3.05) is 10.6 Å². The minimum absolute atomic E-state index is 0.187. The second-order valence-electron chi connectivity index (χ2n) is 8.18. The van der Waals surface area contributed by atoms with Gasteiger partial charge in [-0.1, -0.05) is 54.1 Å². The van der Waals surface area contributed by atoms with Crippen molar-refractivity contribution < 1.29 is 14.4 Å². The van der Waals surface area contributed by atoms with Crippen molar-refractivity contribution in [3.63, 3.8) is 0 Å². The van der Waals surface area contributed by atoms with Gasteiger partial charge < -0.3 is 10.6 Å². The largest absolute Gasteiger partial charge is 0.321 e. The number of aryl methyl sites for hydroxylation is 3. The van der Waals surface area contributed by atoms with E-state index in [0.29, 0.717) is 29.0 Å². The van der Waals surface area contributed by atoms with Crippen LogP contribution in [0.25, 0.3) is 0 Å². The zero-order chi connectivity index (χ0) is 24.9. The normalized spacial score (nSPS) is 10.6. The van der Waals surface area contributed by atoms with Crippen LogP contribution in [0.2, 0.25) is 0 Å². The number of benzene rings is 3. The Morgan fingerprint density at radius 1 is 0.771 bits per heavy atom. The highest BCUT2D eigenvalue weighted by Gasteiger charge is 2.20. The minimum Gasteiger partial charge on any atom is -0.321 e. The summed E-state index contributed by atoms with van der Waals surface area (Å²) in [7, 11) is 0. The Balaban J connectivity index is 1.60. The molecule has 0 aliphatic carbocycles. The number of nitrogens with zero attached hydrogens (tertiary/aromatic N) is 2. The molecule has 2 N–H and O–H groups in total. The Hall–Kier alpha value is -4.52. The van der Waals surface area contributed by atoms with Crippen LogP contribution in [-0.2, 0) is 6.54 Å². The molecule has 4 aromatic rings. The molecule has 35 heavy (non-hydrogen) atoms. The molecule has 0 fully saturated rings. The van der Waals surface area contributed by atoms with E-state index in [-0.39, 0.29) is 17.0 Å². The number of anilines is 2. The summed E-state index contributed by atoms with van der Waals surface area (Å²) in [5.41, 5.74) is 3.99. The summed E-state index contributed by atoms with van der Waals surface area (Å²) in [5.74, 6) is -1.04. The van der Waals surface area contributed by atoms with Crippen molar-refractivity contribution in [1.29, 1.82) is 0 Å². The monoisotopic (exact) mass is 466 g/mol. The third kappa shape index (κ3) is 5.19. The lowest BCUT2D eigenvalue weighted by molar-refractivity contribution is 0.101. The van der Waals surface area contributed by atoms with Gasteiger partial charge in [0.1, 0.15) is 0 Å². The van der Waals surface area contributed by atoms with E-state index in [9.17, 15) is 14.4 Å². The van der Waals surface area contributed by atoms with E-state index in [4.69, 9.17) is 0 Å². The summed E-state index contributed by atoms with van der Waals surface area (Å²) in [6, 6.07) is 22.6. The topological polar surface area (TPSA) is 93.1 Å². The lowest BCUT2D eigenvalue weighted by atomic mass is 9.99. The van der Waals surface area contributed by atoms with Crippen LogP contribution in [0.5, 0.6) is 0 Å². The smallest absolute Gasteiger partial charge is 0.276 e. The van der Waals surface area contributed by atoms with Gasteiger partial charge in [0.15, 0.2) is 11.5 Å². The van der Waals surface area contributed by atoms with E-state index < -0.39 is 11.8 Å². The van der Waals surface area contributed by atoms with E-state index >= 15 is 0 Å². The highest BCUT2D eigenvalue weighted by molar-refractivity contribution is 6.17. The quantitative estimate of drug-likeness (QED) is 0.364. The Labute approximate surface area is 203 Å². The molecular formula is C28H26N4O3. The van der Waals surface area contributed by atoms with Gasteiger partial charge >= 0.3 is 0 Å². The molecule has 0 saturated heterocycles. The van der Waals surface area contributed by atoms with Crippen LogP contribution < -0.4 is 10.6 Å².